The van der Waals surface area contributed by atoms with Gasteiger partial charge < -0.3 is 19.1 Å². The van der Waals surface area contributed by atoms with E-state index < -0.39 is 28.4 Å². The number of carbonyl (C=O) groups is 2. The van der Waals surface area contributed by atoms with E-state index in [4.69, 9.17) is 14.0 Å². The Balaban J connectivity index is 1.92. The molecule has 11 heteroatoms. The molecule has 0 spiro atoms. The van der Waals surface area contributed by atoms with Crippen molar-refractivity contribution in [1.29, 1.82) is 0 Å². The second kappa shape index (κ2) is 8.70. The molecular weight excluding hydrogens is 446 g/mol. The molecule has 1 N–H and O–H groups in total. The van der Waals surface area contributed by atoms with Crippen LogP contribution in [0.15, 0.2) is 58.6 Å². The minimum atomic E-state index is -1.11. The summed E-state index contributed by atoms with van der Waals surface area (Å²) in [5.74, 6) is -1.15. The Hall–Kier alpha value is -4.67. The number of hydrogen-bond acceptors (Lipinski definition) is 9. The summed E-state index contributed by atoms with van der Waals surface area (Å²) in [4.78, 5) is 37.8. The predicted molar refractivity (Wildman–Crippen MR) is 119 cm³/mol. The van der Waals surface area contributed by atoms with Crippen LogP contribution in [0.3, 0.4) is 0 Å². The van der Waals surface area contributed by atoms with Crippen LogP contribution < -0.4 is 14.4 Å². The summed E-state index contributed by atoms with van der Waals surface area (Å²) in [5.41, 5.74) is 0.177. The fourth-order valence-corrected chi connectivity index (χ4v) is 3.77. The third-order valence-electron chi connectivity index (χ3n) is 5.38. The second-order valence-electron chi connectivity index (χ2n) is 7.38. The maximum Gasteiger partial charge on any atom is 0.301 e. The van der Waals surface area contributed by atoms with Gasteiger partial charge in [-0.3, -0.25) is 24.6 Å². The Morgan fingerprint density at radius 1 is 1.09 bits per heavy atom. The molecule has 11 nitrogen and oxygen atoms in total. The molecule has 34 heavy (non-hydrogen) atoms. The number of anilines is 1. The van der Waals surface area contributed by atoms with Crippen LogP contribution in [-0.4, -0.2) is 41.1 Å². The number of Topliss-reactive ketones (excluding diaryl/α,β-unsaturated/α-hetero) is 1. The van der Waals surface area contributed by atoms with Crippen molar-refractivity contribution in [3.05, 3.63) is 81.1 Å². The topological polar surface area (TPSA) is 145 Å². The van der Waals surface area contributed by atoms with E-state index in [2.05, 4.69) is 5.16 Å². The number of benzene rings is 2. The van der Waals surface area contributed by atoms with Gasteiger partial charge in [0.05, 0.1) is 30.8 Å². The zero-order chi connectivity index (χ0) is 24.6. The molecular formula is C23H19N3O8. The third kappa shape index (κ3) is 3.72. The standard InChI is InChI=1S/C23H19N3O8/c1-12-10-18(24-34-12)25-20(13-4-7-15(8-5-13)26(30)31)19(22(28)23(25)29)21(27)14-6-9-16(32-2)17(11-14)33-3/h4-11,20,27H,1-3H3/t20-/m1/s1. The van der Waals surface area contributed by atoms with Crippen molar-refractivity contribution in [2.24, 2.45) is 0 Å². The Bertz CT molecular complexity index is 1330. The van der Waals surface area contributed by atoms with Gasteiger partial charge in [0.25, 0.3) is 11.5 Å². The number of rotatable bonds is 6. The van der Waals surface area contributed by atoms with E-state index in [9.17, 15) is 24.8 Å². The molecule has 2 aromatic carbocycles. The predicted octanol–water partition coefficient (Wildman–Crippen LogP) is 3.53. The van der Waals surface area contributed by atoms with E-state index in [0.29, 0.717) is 22.8 Å². The Labute approximate surface area is 192 Å². The number of nitrogens with zero attached hydrogens (tertiary/aromatic N) is 3. The number of nitro benzene ring substituents is 1. The lowest BCUT2D eigenvalue weighted by Gasteiger charge is -2.22. The summed E-state index contributed by atoms with van der Waals surface area (Å²) in [6, 6.07) is 10.2. The molecule has 1 amide bonds. The molecule has 3 aromatic rings. The van der Waals surface area contributed by atoms with Crippen molar-refractivity contribution < 1.29 is 33.6 Å². The van der Waals surface area contributed by atoms with E-state index in [0.717, 1.165) is 4.90 Å². The van der Waals surface area contributed by atoms with Gasteiger partial charge in [0, 0.05) is 23.8 Å². The van der Waals surface area contributed by atoms with E-state index in [-0.39, 0.29) is 22.6 Å². The molecule has 0 saturated carbocycles. The third-order valence-corrected chi connectivity index (χ3v) is 5.38. The number of aromatic nitrogens is 1. The molecule has 174 valence electrons. The number of aliphatic hydroxyl groups excluding tert-OH is 1. The normalized spacial score (nSPS) is 17.1. The highest BCUT2D eigenvalue weighted by Crippen LogP contribution is 2.43. The minimum absolute atomic E-state index is 0.0642. The molecule has 1 saturated heterocycles. The summed E-state index contributed by atoms with van der Waals surface area (Å²) in [5, 5.41) is 26.1. The van der Waals surface area contributed by atoms with Gasteiger partial charge in [0.2, 0.25) is 0 Å². The first-order chi connectivity index (χ1) is 16.3. The number of ketones is 1. The van der Waals surface area contributed by atoms with Gasteiger partial charge in [-0.2, -0.15) is 0 Å². The fourth-order valence-electron chi connectivity index (χ4n) is 3.77. The average Bonchev–Trinajstić information content (AvgIpc) is 3.38. The highest BCUT2D eigenvalue weighted by molar-refractivity contribution is 6.51. The minimum Gasteiger partial charge on any atom is -0.507 e. The molecule has 2 heterocycles. The number of aliphatic hydroxyl groups is 1. The van der Waals surface area contributed by atoms with Crippen LogP contribution in [-0.2, 0) is 9.59 Å². The SMILES string of the molecule is COc1ccc(C(O)=C2C(=O)C(=O)N(c3cc(C)on3)[C@@H]2c2ccc([N+](=O)[O-])cc2)cc1OC. The highest BCUT2D eigenvalue weighted by atomic mass is 16.6. The number of nitro groups is 1. The number of aryl methyl sites for hydroxylation is 1. The van der Waals surface area contributed by atoms with Gasteiger partial charge in [-0.15, -0.1) is 0 Å². The summed E-state index contributed by atoms with van der Waals surface area (Å²) < 4.78 is 15.6. The molecule has 1 aliphatic heterocycles. The maximum atomic E-state index is 13.1. The summed E-state index contributed by atoms with van der Waals surface area (Å²) in [6.07, 6.45) is 0. The van der Waals surface area contributed by atoms with Crippen molar-refractivity contribution >= 4 is 29.0 Å². The van der Waals surface area contributed by atoms with Crippen molar-refractivity contribution in [2.75, 3.05) is 19.1 Å². The number of amides is 1. The molecule has 4 rings (SSSR count). The lowest BCUT2D eigenvalue weighted by Crippen LogP contribution is -2.29. The maximum absolute atomic E-state index is 13.1. The van der Waals surface area contributed by atoms with Crippen molar-refractivity contribution in [1.82, 2.24) is 5.16 Å². The summed E-state index contributed by atoms with van der Waals surface area (Å²) in [6.45, 7) is 1.62. The van der Waals surface area contributed by atoms with E-state index in [1.54, 1.807) is 13.0 Å². The zero-order valence-corrected chi connectivity index (χ0v) is 18.3. The van der Waals surface area contributed by atoms with Gasteiger partial charge in [0.1, 0.15) is 11.5 Å². The first-order valence-corrected chi connectivity index (χ1v) is 9.98. The Morgan fingerprint density at radius 3 is 2.32 bits per heavy atom. The lowest BCUT2D eigenvalue weighted by molar-refractivity contribution is -0.384. The molecule has 0 bridgehead atoms. The van der Waals surface area contributed by atoms with Crippen LogP contribution in [0.2, 0.25) is 0 Å². The molecule has 1 aliphatic rings. The van der Waals surface area contributed by atoms with Crippen molar-refractivity contribution in [3.8, 4) is 11.5 Å². The number of carbonyl (C=O) groups excluding carboxylic acids is 2. The van der Waals surface area contributed by atoms with Crippen LogP contribution in [0.25, 0.3) is 5.76 Å². The van der Waals surface area contributed by atoms with Crippen LogP contribution in [0.1, 0.15) is 22.9 Å². The largest absolute Gasteiger partial charge is 0.507 e. The number of methoxy groups -OCH3 is 2. The van der Waals surface area contributed by atoms with E-state index in [1.807, 2.05) is 0 Å². The quantitative estimate of drug-likeness (QED) is 0.190. The van der Waals surface area contributed by atoms with Crippen molar-refractivity contribution in [2.45, 2.75) is 13.0 Å². The number of ether oxygens (including phenoxy) is 2. The lowest BCUT2D eigenvalue weighted by atomic mass is 9.95. The highest BCUT2D eigenvalue weighted by Gasteiger charge is 2.48. The monoisotopic (exact) mass is 465 g/mol. The molecule has 1 fully saturated rings. The fraction of sp³-hybridized carbons (Fsp3) is 0.174. The Kier molecular flexibility index (Phi) is 5.76. The summed E-state index contributed by atoms with van der Waals surface area (Å²) >= 11 is 0. The van der Waals surface area contributed by atoms with Crippen LogP contribution in [0.4, 0.5) is 11.5 Å². The zero-order valence-electron chi connectivity index (χ0n) is 18.3. The smallest absolute Gasteiger partial charge is 0.301 e. The van der Waals surface area contributed by atoms with Gasteiger partial charge in [-0.1, -0.05) is 5.16 Å². The van der Waals surface area contributed by atoms with Gasteiger partial charge in [-0.25, -0.2) is 0 Å². The van der Waals surface area contributed by atoms with Gasteiger partial charge >= 0.3 is 5.91 Å². The van der Waals surface area contributed by atoms with Gasteiger partial charge in [0.15, 0.2) is 17.3 Å². The number of non-ortho nitro benzene ring substituents is 1. The molecule has 1 aromatic heterocycles. The summed E-state index contributed by atoms with van der Waals surface area (Å²) in [7, 11) is 2.88. The second-order valence-corrected chi connectivity index (χ2v) is 7.38. The molecule has 0 aliphatic carbocycles. The first kappa shape index (κ1) is 22.5. The first-order valence-electron chi connectivity index (χ1n) is 9.98. The van der Waals surface area contributed by atoms with E-state index in [1.165, 1.54) is 56.7 Å². The molecule has 0 unspecified atom stereocenters. The number of hydrogen-bond donors (Lipinski definition) is 1. The van der Waals surface area contributed by atoms with Crippen LogP contribution in [0, 0.1) is 17.0 Å². The van der Waals surface area contributed by atoms with Crippen molar-refractivity contribution in [3.63, 3.8) is 0 Å². The Morgan fingerprint density at radius 2 is 1.76 bits per heavy atom. The van der Waals surface area contributed by atoms with Crippen LogP contribution in [0.5, 0.6) is 11.5 Å². The van der Waals surface area contributed by atoms with Crippen LogP contribution >= 0.6 is 0 Å². The van der Waals surface area contributed by atoms with E-state index >= 15 is 0 Å². The molecule has 0 radical (unpaired) electrons. The molecule has 1 atom stereocenters. The average molecular weight is 465 g/mol. The van der Waals surface area contributed by atoms with Gasteiger partial charge in [-0.05, 0) is 42.8 Å².